The Kier molecular flexibility index (Phi) is 4.76. The number of thiazole rings is 1. The fourth-order valence-corrected chi connectivity index (χ4v) is 3.25. The highest BCUT2D eigenvalue weighted by Crippen LogP contribution is 2.34. The summed E-state index contributed by atoms with van der Waals surface area (Å²) in [5.41, 5.74) is 4.22. The van der Waals surface area contributed by atoms with Crippen LogP contribution in [0.15, 0.2) is 42.0 Å². The average Bonchev–Trinajstić information content (AvgIpc) is 3.24. The van der Waals surface area contributed by atoms with Gasteiger partial charge in [-0.25, -0.2) is 14.6 Å². The summed E-state index contributed by atoms with van der Waals surface area (Å²) in [7, 11) is 0. The quantitative estimate of drug-likeness (QED) is 0.418. The van der Waals surface area contributed by atoms with Crippen LogP contribution in [0.1, 0.15) is 32.0 Å². The van der Waals surface area contributed by atoms with Crippen LogP contribution in [0, 0.1) is 10.1 Å². The van der Waals surface area contributed by atoms with Gasteiger partial charge in [-0.15, -0.1) is 0 Å². The molecule has 0 bridgehead atoms. The summed E-state index contributed by atoms with van der Waals surface area (Å²) >= 11 is 1.40. The molecular formula is C16H17N7O2S. The first-order chi connectivity index (χ1) is 12.3. The molecule has 0 unspecified atom stereocenters. The lowest BCUT2D eigenvalue weighted by Gasteiger charge is -2.16. The van der Waals surface area contributed by atoms with Crippen LogP contribution in [0.5, 0.6) is 0 Å². The second-order valence-electron chi connectivity index (χ2n) is 6.48. The van der Waals surface area contributed by atoms with Gasteiger partial charge in [-0.2, -0.15) is 10.2 Å². The number of anilines is 1. The van der Waals surface area contributed by atoms with Gasteiger partial charge in [0.15, 0.2) is 0 Å². The first-order valence-corrected chi connectivity index (χ1v) is 8.56. The van der Waals surface area contributed by atoms with Crippen molar-refractivity contribution >= 4 is 28.4 Å². The molecule has 2 heterocycles. The zero-order valence-electron chi connectivity index (χ0n) is 14.4. The molecule has 0 atom stereocenters. The zero-order valence-corrected chi connectivity index (χ0v) is 15.3. The normalized spacial score (nSPS) is 11.8. The Balaban J connectivity index is 1.82. The molecule has 2 aromatic heterocycles. The Morgan fingerprint density at radius 3 is 2.85 bits per heavy atom. The highest BCUT2D eigenvalue weighted by atomic mass is 32.1. The van der Waals surface area contributed by atoms with Crippen molar-refractivity contribution < 1.29 is 4.92 Å². The van der Waals surface area contributed by atoms with E-state index in [1.54, 1.807) is 23.1 Å². The van der Waals surface area contributed by atoms with Crippen molar-refractivity contribution in [2.45, 2.75) is 26.2 Å². The van der Waals surface area contributed by atoms with Crippen LogP contribution in [-0.4, -0.2) is 30.9 Å². The Labute approximate surface area is 153 Å². The molecule has 0 amide bonds. The monoisotopic (exact) mass is 371 g/mol. The number of rotatable bonds is 5. The van der Waals surface area contributed by atoms with E-state index >= 15 is 0 Å². The lowest BCUT2D eigenvalue weighted by molar-refractivity contribution is -0.384. The number of nitro groups is 1. The summed E-state index contributed by atoms with van der Waals surface area (Å²) in [6.45, 7) is 6.20. The zero-order chi connectivity index (χ0) is 18.7. The van der Waals surface area contributed by atoms with Crippen molar-refractivity contribution in [3.05, 3.63) is 58.3 Å². The minimum Gasteiger partial charge on any atom is -0.258 e. The molecule has 0 saturated heterocycles. The van der Waals surface area contributed by atoms with Gasteiger partial charge in [0, 0.05) is 23.1 Å². The van der Waals surface area contributed by atoms with E-state index in [1.807, 2.05) is 0 Å². The fourth-order valence-electron chi connectivity index (χ4n) is 2.20. The molecule has 0 fully saturated rings. The fraction of sp³-hybridized carbons (Fsp3) is 0.250. The summed E-state index contributed by atoms with van der Waals surface area (Å²) < 4.78 is 1.67. The van der Waals surface area contributed by atoms with Crippen LogP contribution in [0.2, 0.25) is 0 Å². The average molecular weight is 371 g/mol. The van der Waals surface area contributed by atoms with E-state index in [0.717, 1.165) is 10.7 Å². The number of nitrogens with zero attached hydrogens (tertiary/aromatic N) is 6. The minimum absolute atomic E-state index is 0.0201. The largest absolute Gasteiger partial charge is 0.270 e. The van der Waals surface area contributed by atoms with Gasteiger partial charge in [0.2, 0.25) is 5.13 Å². The molecule has 134 valence electrons. The molecule has 9 nitrogen and oxygen atoms in total. The molecule has 10 heteroatoms. The number of hydrazone groups is 1. The Hall–Kier alpha value is -3.14. The van der Waals surface area contributed by atoms with Crippen molar-refractivity contribution in [3.8, 4) is 5.00 Å². The number of hydrogen-bond acceptors (Lipinski definition) is 8. The third-order valence-corrected chi connectivity index (χ3v) is 4.35. The molecule has 3 rings (SSSR count). The molecule has 0 spiro atoms. The molecule has 1 N–H and O–H groups in total. The molecule has 3 aromatic rings. The molecule has 0 saturated carbocycles. The van der Waals surface area contributed by atoms with E-state index in [0.29, 0.717) is 10.7 Å². The second-order valence-corrected chi connectivity index (χ2v) is 7.46. The van der Waals surface area contributed by atoms with Crippen LogP contribution in [0.25, 0.3) is 5.00 Å². The molecular weight excluding hydrogens is 354 g/mol. The van der Waals surface area contributed by atoms with Crippen molar-refractivity contribution in [2.75, 3.05) is 5.43 Å². The second kappa shape index (κ2) is 7.00. The van der Waals surface area contributed by atoms with E-state index in [4.69, 9.17) is 0 Å². The van der Waals surface area contributed by atoms with Crippen LogP contribution in [-0.2, 0) is 5.41 Å². The predicted molar refractivity (Wildman–Crippen MR) is 100 cm³/mol. The number of nitro benzene ring substituents is 1. The van der Waals surface area contributed by atoms with Gasteiger partial charge in [0.25, 0.3) is 5.69 Å². The molecule has 26 heavy (non-hydrogen) atoms. The van der Waals surface area contributed by atoms with Crippen molar-refractivity contribution in [2.24, 2.45) is 5.10 Å². The van der Waals surface area contributed by atoms with Crippen LogP contribution < -0.4 is 5.43 Å². The van der Waals surface area contributed by atoms with Gasteiger partial charge in [-0.05, 0) is 0 Å². The Bertz CT molecular complexity index is 942. The molecule has 1 aromatic carbocycles. The highest BCUT2D eigenvalue weighted by molar-refractivity contribution is 7.18. The summed E-state index contributed by atoms with van der Waals surface area (Å²) in [6, 6.07) is 6.24. The van der Waals surface area contributed by atoms with E-state index in [2.05, 4.69) is 46.4 Å². The number of nitrogens with one attached hydrogen (secondary N) is 1. The van der Waals surface area contributed by atoms with Crippen molar-refractivity contribution in [3.63, 3.8) is 0 Å². The van der Waals surface area contributed by atoms with Gasteiger partial charge in [-0.1, -0.05) is 44.2 Å². The summed E-state index contributed by atoms with van der Waals surface area (Å²) in [4.78, 5) is 19.0. The number of hydrogen-bond donors (Lipinski definition) is 1. The van der Waals surface area contributed by atoms with Crippen LogP contribution in [0.3, 0.4) is 0 Å². The SMILES string of the molecule is CC(C)(C)c1nc(N/N=C/c2cccc([N+](=O)[O-])c2)sc1-n1cncn1. The Morgan fingerprint density at radius 2 is 2.19 bits per heavy atom. The third-order valence-electron chi connectivity index (χ3n) is 3.40. The number of aromatic nitrogens is 4. The topological polar surface area (TPSA) is 111 Å². The molecule has 0 aliphatic carbocycles. The third kappa shape index (κ3) is 3.91. The lowest BCUT2D eigenvalue weighted by atomic mass is 9.92. The molecule has 0 aliphatic rings. The smallest absolute Gasteiger partial charge is 0.258 e. The highest BCUT2D eigenvalue weighted by Gasteiger charge is 2.24. The van der Waals surface area contributed by atoms with Gasteiger partial charge in [0.05, 0.1) is 16.8 Å². The summed E-state index contributed by atoms with van der Waals surface area (Å²) in [6.07, 6.45) is 4.61. The standard InChI is InChI=1S/C16H17N7O2S/c1-16(2,3)13-14(22-10-17-9-19-22)26-15(20-13)21-18-8-11-5-4-6-12(7-11)23(24)25/h4-10H,1-3H3,(H,20,21)/b18-8+. The first-order valence-electron chi connectivity index (χ1n) is 7.74. The van der Waals surface area contributed by atoms with Crippen LogP contribution >= 0.6 is 11.3 Å². The summed E-state index contributed by atoms with van der Waals surface area (Å²) in [5.74, 6) is 0. The minimum atomic E-state index is -0.439. The van der Waals surface area contributed by atoms with Gasteiger partial charge >= 0.3 is 0 Å². The maximum absolute atomic E-state index is 10.8. The van der Waals surface area contributed by atoms with E-state index in [-0.39, 0.29) is 11.1 Å². The maximum Gasteiger partial charge on any atom is 0.270 e. The predicted octanol–water partition coefficient (Wildman–Crippen LogP) is 3.38. The molecule has 0 aliphatic heterocycles. The molecule has 0 radical (unpaired) electrons. The number of non-ortho nitro benzene ring substituents is 1. The van der Waals surface area contributed by atoms with E-state index in [9.17, 15) is 10.1 Å². The van der Waals surface area contributed by atoms with E-state index in [1.165, 1.54) is 36.0 Å². The first kappa shape index (κ1) is 17.7. The van der Waals surface area contributed by atoms with E-state index < -0.39 is 4.92 Å². The van der Waals surface area contributed by atoms with Gasteiger partial charge in [0.1, 0.15) is 17.7 Å². The van der Waals surface area contributed by atoms with Gasteiger partial charge in [-0.3, -0.25) is 15.5 Å². The van der Waals surface area contributed by atoms with Crippen LogP contribution in [0.4, 0.5) is 10.8 Å². The Morgan fingerprint density at radius 1 is 1.38 bits per heavy atom. The maximum atomic E-state index is 10.8. The van der Waals surface area contributed by atoms with Crippen molar-refractivity contribution in [1.82, 2.24) is 19.7 Å². The van der Waals surface area contributed by atoms with Crippen molar-refractivity contribution in [1.29, 1.82) is 0 Å². The summed E-state index contributed by atoms with van der Waals surface area (Å²) in [5, 5.41) is 20.6. The van der Waals surface area contributed by atoms with Gasteiger partial charge < -0.3 is 0 Å². The lowest BCUT2D eigenvalue weighted by Crippen LogP contribution is -2.15. The number of benzene rings is 1.